The molecule has 0 aromatic heterocycles. The van der Waals surface area contributed by atoms with Gasteiger partial charge in [-0.25, -0.2) is 0 Å². The second-order valence-corrected chi connectivity index (χ2v) is 13.0. The van der Waals surface area contributed by atoms with Crippen molar-refractivity contribution in [2.45, 2.75) is 22.5 Å². The van der Waals surface area contributed by atoms with E-state index in [9.17, 15) is 0 Å². The molecule has 1 spiro atoms. The zero-order chi connectivity index (χ0) is 27.3. The Balaban J connectivity index is 1.34. The van der Waals surface area contributed by atoms with E-state index in [0.717, 1.165) is 33.2 Å². The molecule has 41 heavy (non-hydrogen) atoms. The van der Waals surface area contributed by atoms with Gasteiger partial charge in [0.1, 0.15) is 11.5 Å². The molecule has 0 fully saturated rings. The van der Waals surface area contributed by atoms with E-state index in [-0.39, 0.29) is 5.92 Å². The lowest BCUT2D eigenvalue weighted by atomic mass is 9.65. The van der Waals surface area contributed by atoms with Gasteiger partial charge in [0.25, 0.3) is 0 Å². The number of halogens is 1. The molecule has 5 aromatic carbocycles. The van der Waals surface area contributed by atoms with Crippen molar-refractivity contribution in [1.29, 1.82) is 0 Å². The lowest BCUT2D eigenvalue weighted by Gasteiger charge is -2.41. The average Bonchev–Trinajstić information content (AvgIpc) is 3.53. The highest BCUT2D eigenvalue weighted by Crippen LogP contribution is 2.64. The number of hydrogen-bond acceptors (Lipinski definition) is 2. The van der Waals surface area contributed by atoms with Crippen LogP contribution in [0.3, 0.4) is 0 Å². The molecule has 3 heteroatoms. The number of hydrogen-bond donors (Lipinski definition) is 0. The Morgan fingerprint density at radius 1 is 0.634 bits per heavy atom. The predicted molar refractivity (Wildman–Crippen MR) is 170 cm³/mol. The first-order valence-corrected chi connectivity index (χ1v) is 15.4. The van der Waals surface area contributed by atoms with Crippen LogP contribution in [0.4, 0.5) is 0 Å². The minimum absolute atomic E-state index is 0.287. The van der Waals surface area contributed by atoms with Crippen LogP contribution in [0.2, 0.25) is 5.02 Å². The van der Waals surface area contributed by atoms with Gasteiger partial charge >= 0.3 is 0 Å². The van der Waals surface area contributed by atoms with Crippen LogP contribution in [-0.4, -0.2) is 5.25 Å². The minimum Gasteiger partial charge on any atom is -0.456 e. The number of thioether (sulfide) groups is 1. The number of benzene rings is 5. The van der Waals surface area contributed by atoms with Crippen molar-refractivity contribution < 1.29 is 4.74 Å². The van der Waals surface area contributed by atoms with Crippen molar-refractivity contribution in [1.82, 2.24) is 0 Å². The Morgan fingerprint density at radius 2 is 1.24 bits per heavy atom. The topological polar surface area (TPSA) is 9.23 Å². The normalized spacial score (nSPS) is 20.0. The SMILES string of the molecule is CC1C(c2cc(Cl)cc3c2Oc2ccccc2C32c3ccccc3-c3ccccc32)=CC=C2c3ccccc3SC21. The molecular weight excluding hydrogens is 540 g/mol. The van der Waals surface area contributed by atoms with Crippen LogP contribution in [0.25, 0.3) is 22.3 Å². The highest BCUT2D eigenvalue weighted by atomic mass is 35.5. The number of fused-ring (bicyclic) bond motifs is 12. The first kappa shape index (κ1) is 23.7. The summed E-state index contributed by atoms with van der Waals surface area (Å²) in [5.74, 6) is 2.10. The zero-order valence-corrected chi connectivity index (χ0v) is 24.0. The molecule has 2 atom stereocenters. The summed E-state index contributed by atoms with van der Waals surface area (Å²) < 4.78 is 6.93. The third kappa shape index (κ3) is 3.04. The fraction of sp³-hybridized carbons (Fsp3) is 0.105. The highest BCUT2D eigenvalue weighted by molar-refractivity contribution is 8.01. The van der Waals surface area contributed by atoms with Crippen LogP contribution >= 0.6 is 23.4 Å². The van der Waals surface area contributed by atoms with Gasteiger partial charge in [-0.1, -0.05) is 116 Å². The second-order valence-electron chi connectivity index (χ2n) is 11.3. The highest BCUT2D eigenvalue weighted by Gasteiger charge is 2.52. The quantitative estimate of drug-likeness (QED) is 0.196. The number of rotatable bonds is 1. The summed E-state index contributed by atoms with van der Waals surface area (Å²) in [6, 6.07) is 39.2. The van der Waals surface area contributed by atoms with Gasteiger partial charge in [-0.2, -0.15) is 0 Å². The fourth-order valence-corrected chi connectivity index (χ4v) is 9.32. The molecule has 1 nitrogen and oxygen atoms in total. The van der Waals surface area contributed by atoms with Crippen molar-refractivity contribution in [3.8, 4) is 22.6 Å². The standard InChI is InChI=1S/C38H25ClOS/c1-22-24(18-19-28-27-12-4-9-17-35(27)41-37(22)28)29-20-23(39)21-33-36(29)40-34-16-8-7-15-32(34)38(33)30-13-5-2-10-25(30)26-11-3-6-14-31(26)38/h2-22,37H,1H3. The first-order chi connectivity index (χ1) is 20.2. The molecule has 0 amide bonds. The Kier molecular flexibility index (Phi) is 4.92. The fourth-order valence-electron chi connectivity index (χ4n) is 7.68. The molecule has 4 aliphatic rings. The maximum atomic E-state index is 7.07. The molecule has 196 valence electrons. The van der Waals surface area contributed by atoms with E-state index >= 15 is 0 Å². The predicted octanol–water partition coefficient (Wildman–Crippen LogP) is 10.4. The maximum Gasteiger partial charge on any atom is 0.139 e. The van der Waals surface area contributed by atoms with Gasteiger partial charge < -0.3 is 4.74 Å². The van der Waals surface area contributed by atoms with E-state index < -0.39 is 5.41 Å². The third-order valence-corrected chi connectivity index (χ3v) is 11.1. The van der Waals surface area contributed by atoms with Crippen LogP contribution in [0.5, 0.6) is 11.5 Å². The Hall–Kier alpha value is -3.98. The van der Waals surface area contributed by atoms with Crippen molar-refractivity contribution in [3.63, 3.8) is 0 Å². The Labute approximate surface area is 249 Å². The van der Waals surface area contributed by atoms with E-state index in [1.165, 1.54) is 43.9 Å². The van der Waals surface area contributed by atoms with Crippen molar-refractivity contribution in [2.24, 2.45) is 5.92 Å². The monoisotopic (exact) mass is 564 g/mol. The average molecular weight is 565 g/mol. The summed E-state index contributed by atoms with van der Waals surface area (Å²) >= 11 is 9.05. The van der Waals surface area contributed by atoms with Gasteiger partial charge in [-0.3, -0.25) is 0 Å². The molecule has 9 rings (SSSR count). The van der Waals surface area contributed by atoms with Gasteiger partial charge in [0.05, 0.1) is 5.41 Å². The molecule has 0 bridgehead atoms. The van der Waals surface area contributed by atoms with E-state index in [0.29, 0.717) is 5.25 Å². The summed E-state index contributed by atoms with van der Waals surface area (Å²) in [4.78, 5) is 1.36. The molecule has 2 unspecified atom stereocenters. The summed E-state index contributed by atoms with van der Waals surface area (Å²) in [6.45, 7) is 2.35. The van der Waals surface area contributed by atoms with Crippen LogP contribution in [0.15, 0.2) is 126 Å². The summed E-state index contributed by atoms with van der Waals surface area (Å²) in [6.07, 6.45) is 4.62. The van der Waals surface area contributed by atoms with Crippen molar-refractivity contribution in [3.05, 3.63) is 160 Å². The molecule has 5 aromatic rings. The van der Waals surface area contributed by atoms with Crippen molar-refractivity contribution >= 4 is 34.5 Å². The Bertz CT molecular complexity index is 1950. The molecule has 2 heterocycles. The lowest BCUT2D eigenvalue weighted by Crippen LogP contribution is -2.32. The molecule has 0 saturated heterocycles. The van der Waals surface area contributed by atoms with E-state index in [2.05, 4.69) is 128 Å². The van der Waals surface area contributed by atoms with E-state index in [1.807, 2.05) is 11.8 Å². The smallest absolute Gasteiger partial charge is 0.139 e. The van der Waals surface area contributed by atoms with E-state index in [4.69, 9.17) is 16.3 Å². The maximum absolute atomic E-state index is 7.07. The number of para-hydroxylation sites is 1. The van der Waals surface area contributed by atoms with Gasteiger partial charge in [0, 0.05) is 31.9 Å². The summed E-state index contributed by atoms with van der Waals surface area (Å²) in [5.41, 5.74) is 12.0. The minimum atomic E-state index is -0.519. The Morgan fingerprint density at radius 3 is 2.00 bits per heavy atom. The molecule has 2 aliphatic carbocycles. The molecule has 0 radical (unpaired) electrons. The van der Waals surface area contributed by atoms with E-state index in [1.54, 1.807) is 0 Å². The molecule has 0 saturated carbocycles. The van der Waals surface area contributed by atoms with Gasteiger partial charge in [0.15, 0.2) is 0 Å². The summed E-state index contributed by atoms with van der Waals surface area (Å²) in [5, 5.41) is 1.09. The zero-order valence-electron chi connectivity index (χ0n) is 22.4. The first-order valence-electron chi connectivity index (χ1n) is 14.1. The molecular formula is C38H25ClOS. The van der Waals surface area contributed by atoms with Crippen LogP contribution in [0.1, 0.15) is 40.3 Å². The second kappa shape index (κ2) is 8.52. The lowest BCUT2D eigenvalue weighted by molar-refractivity contribution is 0.434. The number of ether oxygens (including phenoxy) is 1. The largest absolute Gasteiger partial charge is 0.456 e. The summed E-state index contributed by atoms with van der Waals surface area (Å²) in [7, 11) is 0. The number of allylic oxidation sites excluding steroid dienone is 3. The third-order valence-electron chi connectivity index (χ3n) is 9.37. The van der Waals surface area contributed by atoms with Crippen molar-refractivity contribution in [2.75, 3.05) is 0 Å². The van der Waals surface area contributed by atoms with Gasteiger partial charge in [0.2, 0.25) is 0 Å². The van der Waals surface area contributed by atoms with Crippen LogP contribution in [0, 0.1) is 5.92 Å². The van der Waals surface area contributed by atoms with Crippen LogP contribution < -0.4 is 4.74 Å². The van der Waals surface area contributed by atoms with Gasteiger partial charge in [-0.05, 0) is 69.1 Å². The molecule has 2 aliphatic heterocycles. The molecule has 0 N–H and O–H groups in total. The van der Waals surface area contributed by atoms with Gasteiger partial charge in [-0.15, -0.1) is 11.8 Å². The van der Waals surface area contributed by atoms with Crippen LogP contribution in [-0.2, 0) is 5.41 Å².